The Balaban J connectivity index is 2.57. The SMILES string of the molecule is CC(C)(C)CC(CN)C(=O)N1CCCN(CCO)CC1. The highest BCUT2D eigenvalue weighted by atomic mass is 16.3. The molecule has 1 fully saturated rings. The van der Waals surface area contributed by atoms with Gasteiger partial charge in [0, 0.05) is 32.7 Å². The van der Waals surface area contributed by atoms with E-state index in [9.17, 15) is 4.79 Å². The van der Waals surface area contributed by atoms with Crippen LogP contribution in [0.25, 0.3) is 0 Å². The first-order chi connectivity index (χ1) is 9.37. The van der Waals surface area contributed by atoms with E-state index in [0.717, 1.165) is 39.0 Å². The van der Waals surface area contributed by atoms with Gasteiger partial charge in [-0.2, -0.15) is 0 Å². The molecule has 0 aromatic carbocycles. The smallest absolute Gasteiger partial charge is 0.227 e. The molecule has 0 bridgehead atoms. The van der Waals surface area contributed by atoms with Gasteiger partial charge in [-0.1, -0.05) is 20.8 Å². The van der Waals surface area contributed by atoms with Gasteiger partial charge < -0.3 is 15.7 Å². The number of aliphatic hydroxyl groups is 1. The number of amides is 1. The molecule has 0 aliphatic carbocycles. The average Bonchev–Trinajstić information content (AvgIpc) is 2.60. The third-order valence-corrected chi connectivity index (χ3v) is 3.81. The maximum atomic E-state index is 12.6. The molecule has 0 aromatic heterocycles. The number of carbonyl (C=O) groups is 1. The molecular formula is C15H31N3O2. The fourth-order valence-electron chi connectivity index (χ4n) is 2.83. The summed E-state index contributed by atoms with van der Waals surface area (Å²) in [5, 5.41) is 9.00. The molecule has 1 amide bonds. The lowest BCUT2D eigenvalue weighted by molar-refractivity contribution is -0.136. The molecule has 1 heterocycles. The van der Waals surface area contributed by atoms with Crippen molar-refractivity contribution in [3.63, 3.8) is 0 Å². The van der Waals surface area contributed by atoms with E-state index >= 15 is 0 Å². The second kappa shape index (κ2) is 7.96. The van der Waals surface area contributed by atoms with Crippen LogP contribution in [0.4, 0.5) is 0 Å². The van der Waals surface area contributed by atoms with Crippen LogP contribution in [-0.2, 0) is 4.79 Å². The summed E-state index contributed by atoms with van der Waals surface area (Å²) in [4.78, 5) is 16.8. The van der Waals surface area contributed by atoms with Crippen LogP contribution in [0.2, 0.25) is 0 Å². The molecule has 1 rings (SSSR count). The number of aliphatic hydroxyl groups excluding tert-OH is 1. The summed E-state index contributed by atoms with van der Waals surface area (Å²) in [7, 11) is 0. The topological polar surface area (TPSA) is 69.8 Å². The van der Waals surface area contributed by atoms with E-state index in [4.69, 9.17) is 10.8 Å². The van der Waals surface area contributed by atoms with Crippen molar-refractivity contribution in [2.24, 2.45) is 17.1 Å². The van der Waals surface area contributed by atoms with Crippen molar-refractivity contribution in [2.45, 2.75) is 33.6 Å². The van der Waals surface area contributed by atoms with Crippen molar-refractivity contribution in [2.75, 3.05) is 45.9 Å². The molecule has 1 aliphatic rings. The summed E-state index contributed by atoms with van der Waals surface area (Å²) in [6.07, 6.45) is 1.80. The standard InChI is InChI=1S/C15H31N3O2/c1-15(2,3)11-13(12-16)14(20)18-6-4-5-17(7-8-18)9-10-19/h13,19H,4-12,16H2,1-3H3. The number of β-amino-alcohol motifs (C(OH)–C–C–N with tert-alkyl or cyclic N) is 1. The van der Waals surface area contributed by atoms with Crippen molar-refractivity contribution < 1.29 is 9.90 Å². The molecule has 5 heteroatoms. The zero-order valence-corrected chi connectivity index (χ0v) is 13.3. The Labute approximate surface area is 123 Å². The fraction of sp³-hybridized carbons (Fsp3) is 0.933. The van der Waals surface area contributed by atoms with Crippen molar-refractivity contribution in [3.05, 3.63) is 0 Å². The summed E-state index contributed by atoms with van der Waals surface area (Å²) >= 11 is 0. The van der Waals surface area contributed by atoms with Gasteiger partial charge in [0.1, 0.15) is 0 Å². The molecule has 20 heavy (non-hydrogen) atoms. The minimum Gasteiger partial charge on any atom is -0.395 e. The van der Waals surface area contributed by atoms with Gasteiger partial charge in [-0.15, -0.1) is 0 Å². The first-order valence-electron chi connectivity index (χ1n) is 7.69. The Bertz CT molecular complexity index is 302. The lowest BCUT2D eigenvalue weighted by atomic mass is 9.84. The summed E-state index contributed by atoms with van der Waals surface area (Å²) < 4.78 is 0. The van der Waals surface area contributed by atoms with Crippen molar-refractivity contribution >= 4 is 5.91 Å². The van der Waals surface area contributed by atoms with Gasteiger partial charge >= 0.3 is 0 Å². The molecule has 0 radical (unpaired) electrons. The van der Waals surface area contributed by atoms with Crippen LogP contribution in [-0.4, -0.2) is 66.7 Å². The Kier molecular flexibility index (Phi) is 6.92. The van der Waals surface area contributed by atoms with Crippen LogP contribution < -0.4 is 5.73 Å². The number of nitrogens with two attached hydrogens (primary N) is 1. The predicted octanol–water partition coefficient (Wildman–Crippen LogP) is 0.524. The molecule has 0 saturated carbocycles. The lowest BCUT2D eigenvalue weighted by Gasteiger charge is -2.29. The molecule has 0 spiro atoms. The zero-order valence-electron chi connectivity index (χ0n) is 13.3. The quantitative estimate of drug-likeness (QED) is 0.773. The lowest BCUT2D eigenvalue weighted by Crippen LogP contribution is -2.42. The molecule has 1 saturated heterocycles. The number of hydrogen-bond donors (Lipinski definition) is 2. The van der Waals surface area contributed by atoms with Gasteiger partial charge in [-0.3, -0.25) is 9.69 Å². The first-order valence-corrected chi connectivity index (χ1v) is 7.69. The Morgan fingerprint density at radius 1 is 1.25 bits per heavy atom. The highest BCUT2D eigenvalue weighted by Gasteiger charge is 2.28. The van der Waals surface area contributed by atoms with Crippen LogP contribution in [0.1, 0.15) is 33.6 Å². The summed E-state index contributed by atoms with van der Waals surface area (Å²) in [6, 6.07) is 0. The fourth-order valence-corrected chi connectivity index (χ4v) is 2.83. The summed E-state index contributed by atoms with van der Waals surface area (Å²) in [5.41, 5.74) is 5.93. The number of nitrogens with zero attached hydrogens (tertiary/aromatic N) is 2. The van der Waals surface area contributed by atoms with Crippen molar-refractivity contribution in [1.82, 2.24) is 9.80 Å². The van der Waals surface area contributed by atoms with Crippen molar-refractivity contribution in [1.29, 1.82) is 0 Å². The number of hydrogen-bond acceptors (Lipinski definition) is 4. The van der Waals surface area contributed by atoms with E-state index in [0.29, 0.717) is 13.1 Å². The monoisotopic (exact) mass is 285 g/mol. The normalized spacial score (nSPS) is 19.8. The minimum absolute atomic E-state index is 0.0700. The molecule has 1 atom stereocenters. The average molecular weight is 285 g/mol. The summed E-state index contributed by atoms with van der Waals surface area (Å²) in [5.74, 6) is 0.132. The van der Waals surface area contributed by atoms with Gasteiger partial charge in [-0.25, -0.2) is 0 Å². The number of rotatable bonds is 5. The van der Waals surface area contributed by atoms with Crippen LogP contribution in [0.3, 0.4) is 0 Å². The second-order valence-electron chi connectivity index (χ2n) is 6.94. The second-order valence-corrected chi connectivity index (χ2v) is 6.94. The molecule has 1 aliphatic heterocycles. The van der Waals surface area contributed by atoms with E-state index < -0.39 is 0 Å². The van der Waals surface area contributed by atoms with E-state index in [1.54, 1.807) is 0 Å². The third-order valence-electron chi connectivity index (χ3n) is 3.81. The molecular weight excluding hydrogens is 254 g/mol. The van der Waals surface area contributed by atoms with Crippen molar-refractivity contribution in [3.8, 4) is 0 Å². The third kappa shape index (κ3) is 5.77. The highest BCUT2D eigenvalue weighted by molar-refractivity contribution is 5.79. The molecule has 118 valence electrons. The van der Waals surface area contributed by atoms with E-state index in [-0.39, 0.29) is 23.8 Å². The molecule has 0 aromatic rings. The van der Waals surface area contributed by atoms with Crippen LogP contribution in [0.15, 0.2) is 0 Å². The van der Waals surface area contributed by atoms with Gasteiger partial charge in [0.2, 0.25) is 5.91 Å². The Hall–Kier alpha value is -0.650. The maximum absolute atomic E-state index is 12.6. The van der Waals surface area contributed by atoms with Crippen LogP contribution in [0, 0.1) is 11.3 Å². The maximum Gasteiger partial charge on any atom is 0.227 e. The van der Waals surface area contributed by atoms with Crippen LogP contribution in [0.5, 0.6) is 0 Å². The van der Waals surface area contributed by atoms with Crippen LogP contribution >= 0.6 is 0 Å². The van der Waals surface area contributed by atoms with E-state index in [2.05, 4.69) is 25.7 Å². The molecule has 1 unspecified atom stereocenters. The summed E-state index contributed by atoms with van der Waals surface area (Å²) in [6.45, 7) is 11.1. The molecule has 5 nitrogen and oxygen atoms in total. The predicted molar refractivity (Wildman–Crippen MR) is 81.3 cm³/mol. The Morgan fingerprint density at radius 3 is 2.50 bits per heavy atom. The highest BCUT2D eigenvalue weighted by Crippen LogP contribution is 2.25. The van der Waals surface area contributed by atoms with E-state index in [1.807, 2.05) is 4.90 Å². The first kappa shape index (κ1) is 17.4. The van der Waals surface area contributed by atoms with Gasteiger partial charge in [-0.05, 0) is 24.8 Å². The van der Waals surface area contributed by atoms with E-state index in [1.165, 1.54) is 0 Å². The van der Waals surface area contributed by atoms with Gasteiger partial charge in [0.05, 0.1) is 12.5 Å². The minimum atomic E-state index is -0.0700. The van der Waals surface area contributed by atoms with Gasteiger partial charge in [0.15, 0.2) is 0 Å². The molecule has 3 N–H and O–H groups in total. The largest absolute Gasteiger partial charge is 0.395 e. The zero-order chi connectivity index (χ0) is 15.2. The Morgan fingerprint density at radius 2 is 1.95 bits per heavy atom. The van der Waals surface area contributed by atoms with Gasteiger partial charge in [0.25, 0.3) is 0 Å². The number of carbonyl (C=O) groups excluding carboxylic acids is 1.